The Morgan fingerprint density at radius 3 is 2.33 bits per heavy atom. The van der Waals surface area contributed by atoms with Crippen molar-refractivity contribution in [3.8, 4) is 0 Å². The van der Waals surface area contributed by atoms with Gasteiger partial charge in [0.15, 0.2) is 6.29 Å². The van der Waals surface area contributed by atoms with Crippen LogP contribution in [0.5, 0.6) is 0 Å². The molecule has 1 unspecified atom stereocenters. The molecule has 0 radical (unpaired) electrons. The van der Waals surface area contributed by atoms with E-state index < -0.39 is 0 Å². The first-order valence-corrected chi connectivity index (χ1v) is 6.54. The summed E-state index contributed by atoms with van der Waals surface area (Å²) in [6.07, 6.45) is 0.635. The first-order chi connectivity index (χ1) is 8.76. The van der Waals surface area contributed by atoms with Crippen LogP contribution in [0.3, 0.4) is 0 Å². The Bertz CT molecular complexity index is 338. The second kappa shape index (κ2) is 8.21. The van der Waals surface area contributed by atoms with E-state index in [0.717, 1.165) is 12.0 Å². The molecule has 18 heavy (non-hydrogen) atoms. The maximum absolute atomic E-state index is 5.65. The fourth-order valence-electron chi connectivity index (χ4n) is 1.91. The normalized spacial score (nSPS) is 12.9. The fraction of sp³-hybridized carbons (Fsp3) is 0.571. The van der Waals surface area contributed by atoms with Gasteiger partial charge in [-0.3, -0.25) is 5.84 Å². The van der Waals surface area contributed by atoms with Crippen LogP contribution >= 0.6 is 0 Å². The summed E-state index contributed by atoms with van der Waals surface area (Å²) in [4.78, 5) is 0. The number of hydrazine groups is 1. The van der Waals surface area contributed by atoms with Crippen molar-refractivity contribution in [1.82, 2.24) is 5.43 Å². The molecule has 1 aromatic carbocycles. The number of nitrogens with one attached hydrogen (secondary N) is 1. The standard InChI is InChI=1S/C14H24N2O2/c1-4-11-8-7-9-12(10-11)13(16-15)14(17-5-2)18-6-3/h7-10,13-14,16H,4-6,15H2,1-3H3. The fourth-order valence-corrected chi connectivity index (χ4v) is 1.91. The van der Waals surface area contributed by atoms with Crippen LogP contribution in [0, 0.1) is 0 Å². The number of ether oxygens (including phenoxy) is 2. The smallest absolute Gasteiger partial charge is 0.178 e. The summed E-state index contributed by atoms with van der Waals surface area (Å²) in [5, 5.41) is 0. The monoisotopic (exact) mass is 252 g/mol. The Morgan fingerprint density at radius 2 is 1.83 bits per heavy atom. The van der Waals surface area contributed by atoms with Crippen LogP contribution in [0.2, 0.25) is 0 Å². The molecule has 0 aliphatic carbocycles. The first-order valence-electron chi connectivity index (χ1n) is 6.54. The summed E-state index contributed by atoms with van der Waals surface area (Å²) in [6, 6.07) is 8.15. The van der Waals surface area contributed by atoms with Gasteiger partial charge >= 0.3 is 0 Å². The van der Waals surface area contributed by atoms with Crippen molar-refractivity contribution < 1.29 is 9.47 Å². The summed E-state index contributed by atoms with van der Waals surface area (Å²) >= 11 is 0. The summed E-state index contributed by atoms with van der Waals surface area (Å²) in [5.74, 6) is 5.65. The van der Waals surface area contributed by atoms with E-state index in [1.807, 2.05) is 26.0 Å². The van der Waals surface area contributed by atoms with Crippen molar-refractivity contribution in [3.63, 3.8) is 0 Å². The topological polar surface area (TPSA) is 56.5 Å². The van der Waals surface area contributed by atoms with E-state index in [4.69, 9.17) is 15.3 Å². The zero-order valence-corrected chi connectivity index (χ0v) is 11.5. The maximum Gasteiger partial charge on any atom is 0.178 e. The van der Waals surface area contributed by atoms with E-state index in [-0.39, 0.29) is 12.3 Å². The lowest BCUT2D eigenvalue weighted by Crippen LogP contribution is -2.39. The molecule has 0 bridgehead atoms. The molecule has 0 saturated heterocycles. The number of nitrogens with two attached hydrogens (primary N) is 1. The van der Waals surface area contributed by atoms with Crippen LogP contribution in [0.4, 0.5) is 0 Å². The van der Waals surface area contributed by atoms with Crippen LogP contribution in [0.25, 0.3) is 0 Å². The van der Waals surface area contributed by atoms with Crippen LogP contribution in [0.1, 0.15) is 37.9 Å². The molecule has 102 valence electrons. The van der Waals surface area contributed by atoms with Crippen molar-refractivity contribution >= 4 is 0 Å². The summed E-state index contributed by atoms with van der Waals surface area (Å²) in [5.41, 5.74) is 5.15. The Morgan fingerprint density at radius 1 is 1.17 bits per heavy atom. The van der Waals surface area contributed by atoms with Crippen molar-refractivity contribution in [1.29, 1.82) is 0 Å². The molecule has 0 saturated carbocycles. The number of benzene rings is 1. The van der Waals surface area contributed by atoms with Gasteiger partial charge in [0.2, 0.25) is 0 Å². The van der Waals surface area contributed by atoms with Crippen LogP contribution in [0.15, 0.2) is 24.3 Å². The van der Waals surface area contributed by atoms with Crippen molar-refractivity contribution in [2.75, 3.05) is 13.2 Å². The third-order valence-corrected chi connectivity index (χ3v) is 2.83. The predicted molar refractivity (Wildman–Crippen MR) is 72.9 cm³/mol. The lowest BCUT2D eigenvalue weighted by atomic mass is 10.0. The van der Waals surface area contributed by atoms with Gasteiger partial charge in [-0.05, 0) is 31.4 Å². The Kier molecular flexibility index (Phi) is 6.90. The Hall–Kier alpha value is -0.940. The molecule has 0 amide bonds. The third-order valence-electron chi connectivity index (χ3n) is 2.83. The zero-order valence-electron chi connectivity index (χ0n) is 11.5. The Labute approximate surface area is 109 Å². The summed E-state index contributed by atoms with van der Waals surface area (Å²) in [7, 11) is 0. The van der Waals surface area contributed by atoms with E-state index in [0.29, 0.717) is 13.2 Å². The average Bonchev–Trinajstić information content (AvgIpc) is 2.40. The molecule has 0 spiro atoms. The lowest BCUT2D eigenvalue weighted by Gasteiger charge is -2.26. The summed E-state index contributed by atoms with van der Waals surface area (Å²) < 4.78 is 11.2. The van der Waals surface area contributed by atoms with Crippen molar-refractivity contribution in [3.05, 3.63) is 35.4 Å². The second-order valence-electron chi connectivity index (χ2n) is 4.02. The van der Waals surface area contributed by atoms with Crippen molar-refractivity contribution in [2.45, 2.75) is 39.5 Å². The van der Waals surface area contributed by atoms with Gasteiger partial charge < -0.3 is 9.47 Å². The highest BCUT2D eigenvalue weighted by molar-refractivity contribution is 5.26. The zero-order chi connectivity index (χ0) is 13.4. The van der Waals surface area contributed by atoms with Gasteiger partial charge in [0.05, 0.1) is 6.04 Å². The minimum Gasteiger partial charge on any atom is -0.351 e. The average molecular weight is 252 g/mol. The van der Waals surface area contributed by atoms with Gasteiger partial charge in [0.25, 0.3) is 0 Å². The van der Waals surface area contributed by atoms with Crippen LogP contribution in [-0.2, 0) is 15.9 Å². The molecular formula is C14H24N2O2. The van der Waals surface area contributed by atoms with Gasteiger partial charge in [-0.1, -0.05) is 31.2 Å². The maximum atomic E-state index is 5.65. The molecule has 0 heterocycles. The second-order valence-corrected chi connectivity index (χ2v) is 4.02. The van der Waals surface area contributed by atoms with Gasteiger partial charge in [-0.15, -0.1) is 0 Å². The van der Waals surface area contributed by atoms with Gasteiger partial charge in [0.1, 0.15) is 0 Å². The molecule has 0 aromatic heterocycles. The van der Waals surface area contributed by atoms with E-state index in [9.17, 15) is 0 Å². The molecule has 4 nitrogen and oxygen atoms in total. The summed E-state index contributed by atoms with van der Waals surface area (Å²) in [6.45, 7) is 7.21. The number of hydrogen-bond acceptors (Lipinski definition) is 4. The minimum absolute atomic E-state index is 0.156. The van der Waals surface area contributed by atoms with E-state index in [1.54, 1.807) is 0 Å². The quantitative estimate of drug-likeness (QED) is 0.423. The molecule has 4 heteroatoms. The van der Waals surface area contributed by atoms with Crippen molar-refractivity contribution in [2.24, 2.45) is 5.84 Å². The molecule has 0 aliphatic heterocycles. The predicted octanol–water partition coefficient (Wildman–Crippen LogP) is 2.15. The highest BCUT2D eigenvalue weighted by atomic mass is 16.7. The SMILES string of the molecule is CCOC(OCC)C(NN)c1cccc(CC)c1. The van der Waals surface area contributed by atoms with E-state index in [1.165, 1.54) is 5.56 Å². The lowest BCUT2D eigenvalue weighted by molar-refractivity contribution is -0.155. The van der Waals surface area contributed by atoms with Crippen LogP contribution in [-0.4, -0.2) is 19.5 Å². The first kappa shape index (κ1) is 15.1. The molecule has 1 atom stereocenters. The minimum atomic E-state index is -0.364. The van der Waals surface area contributed by atoms with E-state index >= 15 is 0 Å². The highest BCUT2D eigenvalue weighted by Gasteiger charge is 2.23. The third kappa shape index (κ3) is 4.07. The molecule has 0 fully saturated rings. The van der Waals surface area contributed by atoms with Gasteiger partial charge in [0, 0.05) is 13.2 Å². The largest absolute Gasteiger partial charge is 0.351 e. The van der Waals surface area contributed by atoms with Gasteiger partial charge in [-0.25, -0.2) is 5.43 Å². The number of hydrogen-bond donors (Lipinski definition) is 2. The molecule has 0 aliphatic rings. The molecular weight excluding hydrogens is 228 g/mol. The van der Waals surface area contributed by atoms with E-state index in [2.05, 4.69) is 24.5 Å². The molecule has 3 N–H and O–H groups in total. The Balaban J connectivity index is 2.90. The van der Waals surface area contributed by atoms with Crippen LogP contribution < -0.4 is 11.3 Å². The molecule has 1 aromatic rings. The highest BCUT2D eigenvalue weighted by Crippen LogP contribution is 2.21. The van der Waals surface area contributed by atoms with Gasteiger partial charge in [-0.2, -0.15) is 0 Å². The number of aryl methyl sites for hydroxylation is 1. The molecule has 1 rings (SSSR count). The number of rotatable bonds is 8.